The molecule has 1 aromatic heterocycles. The van der Waals surface area contributed by atoms with E-state index in [4.69, 9.17) is 5.11 Å². The van der Waals surface area contributed by atoms with Gasteiger partial charge in [0.2, 0.25) is 0 Å². The minimum absolute atomic E-state index is 0.0284. The molecule has 0 amide bonds. The molecule has 7 heteroatoms. The van der Waals surface area contributed by atoms with E-state index >= 15 is 0 Å². The molecule has 27 heavy (non-hydrogen) atoms. The second-order valence-electron chi connectivity index (χ2n) is 6.05. The van der Waals surface area contributed by atoms with Crippen LogP contribution >= 0.6 is 0 Å². The van der Waals surface area contributed by atoms with Gasteiger partial charge in [-0.2, -0.15) is 0 Å². The van der Waals surface area contributed by atoms with Crippen LogP contribution in [0, 0.1) is 24.0 Å². The van der Waals surface area contributed by atoms with Crippen molar-refractivity contribution in [3.8, 4) is 5.69 Å². The Balaban J connectivity index is 1.97. The van der Waals surface area contributed by atoms with Crippen molar-refractivity contribution in [2.75, 3.05) is 0 Å². The van der Waals surface area contributed by atoms with Crippen molar-refractivity contribution in [2.24, 2.45) is 4.99 Å². The lowest BCUT2D eigenvalue weighted by Crippen LogP contribution is -2.00. The quantitative estimate of drug-likeness (QED) is 0.411. The highest BCUT2D eigenvalue weighted by molar-refractivity contribution is 5.89. The van der Waals surface area contributed by atoms with Crippen molar-refractivity contribution < 1.29 is 14.8 Å². The molecular formula is C20H17N3O4. The van der Waals surface area contributed by atoms with Gasteiger partial charge in [0.05, 0.1) is 21.9 Å². The van der Waals surface area contributed by atoms with Crippen LogP contribution in [-0.2, 0) is 0 Å². The molecule has 0 fully saturated rings. The number of hydrogen-bond acceptors (Lipinski definition) is 4. The van der Waals surface area contributed by atoms with Gasteiger partial charge >= 0.3 is 5.97 Å². The van der Waals surface area contributed by atoms with Gasteiger partial charge in [-0.15, -0.1) is 0 Å². The van der Waals surface area contributed by atoms with Gasteiger partial charge < -0.3 is 9.67 Å². The third-order valence-corrected chi connectivity index (χ3v) is 4.21. The smallest absolute Gasteiger partial charge is 0.335 e. The molecule has 1 N–H and O–H groups in total. The van der Waals surface area contributed by atoms with E-state index in [2.05, 4.69) is 4.99 Å². The minimum Gasteiger partial charge on any atom is -0.478 e. The van der Waals surface area contributed by atoms with Crippen molar-refractivity contribution in [1.29, 1.82) is 0 Å². The van der Waals surface area contributed by atoms with Gasteiger partial charge in [-0.3, -0.25) is 15.1 Å². The predicted octanol–water partition coefficient (Wildman–Crippen LogP) is 4.45. The average molecular weight is 363 g/mol. The molecule has 2 aromatic carbocycles. The summed E-state index contributed by atoms with van der Waals surface area (Å²) in [6.45, 7) is 3.81. The van der Waals surface area contributed by atoms with Crippen molar-refractivity contribution in [2.45, 2.75) is 13.8 Å². The maximum atomic E-state index is 11.1. The first-order valence-corrected chi connectivity index (χ1v) is 8.18. The first-order valence-electron chi connectivity index (χ1n) is 8.18. The molecule has 0 bridgehead atoms. The Morgan fingerprint density at radius 2 is 1.89 bits per heavy atom. The van der Waals surface area contributed by atoms with Crippen molar-refractivity contribution >= 4 is 23.6 Å². The van der Waals surface area contributed by atoms with Crippen LogP contribution in [0.2, 0.25) is 0 Å². The molecular weight excluding hydrogens is 346 g/mol. The summed E-state index contributed by atoms with van der Waals surface area (Å²) in [4.78, 5) is 26.0. The summed E-state index contributed by atoms with van der Waals surface area (Å²) in [5, 5.41) is 20.1. The lowest BCUT2D eigenvalue weighted by molar-refractivity contribution is -0.384. The van der Waals surface area contributed by atoms with Crippen LogP contribution in [0.4, 0.5) is 11.4 Å². The number of rotatable bonds is 5. The molecule has 0 radical (unpaired) electrons. The lowest BCUT2D eigenvalue weighted by atomic mass is 10.2. The third-order valence-electron chi connectivity index (χ3n) is 4.21. The van der Waals surface area contributed by atoms with Gasteiger partial charge in [0, 0.05) is 35.3 Å². The van der Waals surface area contributed by atoms with E-state index in [0.717, 1.165) is 17.0 Å². The summed E-state index contributed by atoms with van der Waals surface area (Å²) in [5.74, 6) is -1.00. The average Bonchev–Trinajstić information content (AvgIpc) is 2.93. The second-order valence-corrected chi connectivity index (χ2v) is 6.05. The Labute approximate surface area is 155 Å². The van der Waals surface area contributed by atoms with Crippen molar-refractivity contribution in [3.63, 3.8) is 0 Å². The Kier molecular flexibility index (Phi) is 4.85. The van der Waals surface area contributed by atoms with E-state index < -0.39 is 10.9 Å². The number of benzene rings is 2. The van der Waals surface area contributed by atoms with E-state index in [1.165, 1.54) is 24.3 Å². The van der Waals surface area contributed by atoms with Crippen LogP contribution in [0.1, 0.15) is 27.3 Å². The number of non-ortho nitro benzene ring substituents is 1. The highest BCUT2D eigenvalue weighted by atomic mass is 16.6. The van der Waals surface area contributed by atoms with E-state index in [9.17, 15) is 14.9 Å². The summed E-state index contributed by atoms with van der Waals surface area (Å²) in [6, 6.07) is 14.7. The molecule has 0 saturated heterocycles. The highest BCUT2D eigenvalue weighted by Crippen LogP contribution is 2.23. The molecule has 1 heterocycles. The van der Waals surface area contributed by atoms with E-state index in [1.54, 1.807) is 24.4 Å². The van der Waals surface area contributed by atoms with Crippen LogP contribution in [-0.4, -0.2) is 26.8 Å². The van der Waals surface area contributed by atoms with Crippen LogP contribution in [0.15, 0.2) is 59.6 Å². The highest BCUT2D eigenvalue weighted by Gasteiger charge is 2.12. The summed E-state index contributed by atoms with van der Waals surface area (Å²) < 4.78 is 1.92. The fraction of sp³-hybridized carbons (Fsp3) is 0.100. The van der Waals surface area contributed by atoms with Crippen LogP contribution in [0.25, 0.3) is 5.69 Å². The molecule has 0 aliphatic rings. The summed E-state index contributed by atoms with van der Waals surface area (Å²) >= 11 is 0. The van der Waals surface area contributed by atoms with Crippen molar-refractivity contribution in [1.82, 2.24) is 4.57 Å². The topological polar surface area (TPSA) is 97.7 Å². The SMILES string of the molecule is Cc1cc(C=Nc2cccc(C(=O)O)c2)c(C)n1-c1cccc([N+](=O)[O-])c1. The van der Waals surface area contributed by atoms with Crippen LogP contribution in [0.3, 0.4) is 0 Å². The number of carbonyl (C=O) groups is 1. The zero-order valence-corrected chi connectivity index (χ0v) is 14.8. The first-order chi connectivity index (χ1) is 12.9. The largest absolute Gasteiger partial charge is 0.478 e. The predicted molar refractivity (Wildman–Crippen MR) is 103 cm³/mol. The monoisotopic (exact) mass is 363 g/mol. The summed E-state index contributed by atoms with van der Waals surface area (Å²) in [5.41, 5.74) is 4.08. The Hall–Kier alpha value is -3.74. The van der Waals surface area contributed by atoms with Crippen LogP contribution in [0.5, 0.6) is 0 Å². The molecule has 3 rings (SSSR count). The zero-order valence-electron chi connectivity index (χ0n) is 14.8. The summed E-state index contributed by atoms with van der Waals surface area (Å²) in [7, 11) is 0. The molecule has 136 valence electrons. The molecule has 0 aliphatic carbocycles. The van der Waals surface area contributed by atoms with Gasteiger partial charge in [-0.25, -0.2) is 4.79 Å². The van der Waals surface area contributed by atoms with E-state index in [0.29, 0.717) is 11.4 Å². The molecule has 0 aliphatic heterocycles. The normalized spacial score (nSPS) is 11.0. The molecule has 0 spiro atoms. The first kappa shape index (κ1) is 18.1. The molecule has 7 nitrogen and oxygen atoms in total. The number of aliphatic imine (C=N–C) groups is 1. The number of nitrogens with zero attached hydrogens (tertiary/aromatic N) is 3. The Morgan fingerprint density at radius 3 is 2.59 bits per heavy atom. The Bertz CT molecular complexity index is 1070. The standard InChI is InChI=1S/C20H17N3O4/c1-13-9-16(12-21-17-6-3-5-15(10-17)20(24)25)14(2)22(13)18-7-4-8-19(11-18)23(26)27/h3-12H,1-2H3,(H,24,25). The fourth-order valence-corrected chi connectivity index (χ4v) is 2.92. The Morgan fingerprint density at radius 1 is 1.15 bits per heavy atom. The molecule has 3 aromatic rings. The number of aromatic nitrogens is 1. The lowest BCUT2D eigenvalue weighted by Gasteiger charge is -2.09. The van der Waals surface area contributed by atoms with Gasteiger partial charge in [-0.1, -0.05) is 12.1 Å². The minimum atomic E-state index is -1.00. The zero-order chi connectivity index (χ0) is 19.6. The van der Waals surface area contributed by atoms with Crippen LogP contribution < -0.4 is 0 Å². The number of carboxylic acid groups (broad SMARTS) is 1. The molecule has 0 unspecified atom stereocenters. The third kappa shape index (κ3) is 3.77. The van der Waals surface area contributed by atoms with Gasteiger partial charge in [0.1, 0.15) is 0 Å². The van der Waals surface area contributed by atoms with Gasteiger partial charge in [0.25, 0.3) is 5.69 Å². The number of nitro benzene ring substituents is 1. The number of nitro groups is 1. The summed E-state index contributed by atoms with van der Waals surface area (Å²) in [6.07, 6.45) is 1.66. The molecule has 0 saturated carbocycles. The fourth-order valence-electron chi connectivity index (χ4n) is 2.92. The van der Waals surface area contributed by atoms with Gasteiger partial charge in [-0.05, 0) is 44.2 Å². The molecule has 0 atom stereocenters. The number of hydrogen-bond donors (Lipinski definition) is 1. The van der Waals surface area contributed by atoms with E-state index in [1.807, 2.05) is 30.5 Å². The van der Waals surface area contributed by atoms with Gasteiger partial charge in [0.15, 0.2) is 0 Å². The number of carboxylic acids is 1. The maximum absolute atomic E-state index is 11.1. The number of aryl methyl sites for hydroxylation is 1. The maximum Gasteiger partial charge on any atom is 0.335 e. The number of aromatic carboxylic acids is 1. The van der Waals surface area contributed by atoms with E-state index in [-0.39, 0.29) is 11.3 Å². The second kappa shape index (κ2) is 7.25. The van der Waals surface area contributed by atoms with Crippen molar-refractivity contribution in [3.05, 3.63) is 87.2 Å².